The molecule has 0 spiro atoms. The Morgan fingerprint density at radius 3 is 2.46 bits per heavy atom. The molecule has 1 aromatic carbocycles. The van der Waals surface area contributed by atoms with Crippen LogP contribution in [0.2, 0.25) is 0 Å². The highest BCUT2D eigenvalue weighted by atomic mass is 16.5. The smallest absolute Gasteiger partial charge is 0.232 e. The van der Waals surface area contributed by atoms with Gasteiger partial charge in [0.1, 0.15) is 0 Å². The van der Waals surface area contributed by atoms with E-state index in [0.29, 0.717) is 24.2 Å². The van der Waals surface area contributed by atoms with Gasteiger partial charge in [0.2, 0.25) is 17.6 Å². The van der Waals surface area contributed by atoms with Gasteiger partial charge in [-0.3, -0.25) is 4.79 Å². The first kappa shape index (κ1) is 17.7. The monoisotopic (exact) mass is 380 g/mol. The Hall–Kier alpha value is -2.37. The molecule has 1 amide bonds. The van der Waals surface area contributed by atoms with Crippen LogP contribution in [0.4, 0.5) is 5.69 Å². The summed E-state index contributed by atoms with van der Waals surface area (Å²) in [5.41, 5.74) is 2.23. The van der Waals surface area contributed by atoms with Crippen molar-refractivity contribution in [2.75, 3.05) is 24.5 Å². The highest BCUT2D eigenvalue weighted by Crippen LogP contribution is 2.34. The van der Waals surface area contributed by atoms with E-state index in [1.807, 2.05) is 0 Å². The molecule has 1 saturated carbocycles. The van der Waals surface area contributed by atoms with E-state index >= 15 is 0 Å². The minimum Gasteiger partial charge on any atom is -0.372 e. The summed E-state index contributed by atoms with van der Waals surface area (Å²) in [6.07, 6.45) is 9.11. The van der Waals surface area contributed by atoms with Crippen molar-refractivity contribution in [3.05, 3.63) is 30.2 Å². The highest BCUT2D eigenvalue weighted by molar-refractivity contribution is 5.80. The number of benzene rings is 1. The van der Waals surface area contributed by atoms with E-state index in [1.54, 1.807) is 0 Å². The van der Waals surface area contributed by atoms with Crippen LogP contribution in [-0.2, 0) is 4.79 Å². The summed E-state index contributed by atoms with van der Waals surface area (Å²) in [7, 11) is 0. The summed E-state index contributed by atoms with van der Waals surface area (Å²) in [5.74, 6) is 1.49. The van der Waals surface area contributed by atoms with Gasteiger partial charge in [-0.15, -0.1) is 0 Å². The van der Waals surface area contributed by atoms with Crippen molar-refractivity contribution < 1.29 is 9.32 Å². The molecule has 6 nitrogen and oxygen atoms in total. The predicted molar refractivity (Wildman–Crippen MR) is 107 cm³/mol. The third kappa shape index (κ3) is 3.40. The Morgan fingerprint density at radius 1 is 0.964 bits per heavy atom. The van der Waals surface area contributed by atoms with Crippen molar-refractivity contribution in [1.82, 2.24) is 15.0 Å². The number of hydrogen-bond acceptors (Lipinski definition) is 5. The fourth-order valence-corrected chi connectivity index (χ4v) is 4.96. The summed E-state index contributed by atoms with van der Waals surface area (Å²) in [6, 6.07) is 8.86. The number of nitrogens with zero attached hydrogens (tertiary/aromatic N) is 4. The number of carbonyl (C=O) groups is 1. The zero-order valence-corrected chi connectivity index (χ0v) is 16.3. The van der Waals surface area contributed by atoms with Gasteiger partial charge in [0.15, 0.2) is 0 Å². The van der Waals surface area contributed by atoms with Crippen LogP contribution in [0.3, 0.4) is 0 Å². The third-order valence-corrected chi connectivity index (χ3v) is 6.56. The van der Waals surface area contributed by atoms with Crippen molar-refractivity contribution >= 4 is 11.6 Å². The standard InChI is InChI=1S/C22H28N4O2/c27-20-14-17(15-26(20)19-6-2-3-7-19)22-23-21(24-28-22)16-8-10-18(11-9-16)25-12-4-1-5-13-25/h8-11,17,19H,1-7,12-15H2/t17-/m1/s1. The van der Waals surface area contributed by atoms with Gasteiger partial charge in [-0.05, 0) is 56.4 Å². The molecule has 1 aliphatic carbocycles. The first-order chi connectivity index (χ1) is 13.8. The van der Waals surface area contributed by atoms with Crippen LogP contribution in [0.25, 0.3) is 11.4 Å². The van der Waals surface area contributed by atoms with E-state index < -0.39 is 0 Å². The minimum atomic E-state index is 0.0296. The molecule has 1 atom stereocenters. The van der Waals surface area contributed by atoms with Gasteiger partial charge in [-0.25, -0.2) is 0 Å². The number of rotatable bonds is 4. The fraction of sp³-hybridized carbons (Fsp3) is 0.591. The van der Waals surface area contributed by atoms with Gasteiger partial charge in [-0.1, -0.05) is 18.0 Å². The Labute approximate surface area is 165 Å². The molecule has 148 valence electrons. The van der Waals surface area contributed by atoms with Crippen LogP contribution >= 0.6 is 0 Å². The van der Waals surface area contributed by atoms with Crippen LogP contribution in [-0.4, -0.2) is 46.6 Å². The summed E-state index contributed by atoms with van der Waals surface area (Å²) in [6.45, 7) is 3.00. The Morgan fingerprint density at radius 2 is 1.71 bits per heavy atom. The molecular weight excluding hydrogens is 352 g/mol. The van der Waals surface area contributed by atoms with E-state index in [4.69, 9.17) is 4.52 Å². The van der Waals surface area contributed by atoms with Gasteiger partial charge < -0.3 is 14.3 Å². The summed E-state index contributed by atoms with van der Waals surface area (Å²) in [4.78, 5) is 21.6. The number of carbonyl (C=O) groups excluding carboxylic acids is 1. The fourth-order valence-electron chi connectivity index (χ4n) is 4.96. The number of hydrogen-bond donors (Lipinski definition) is 0. The van der Waals surface area contributed by atoms with Crippen molar-refractivity contribution in [3.8, 4) is 11.4 Å². The average molecular weight is 380 g/mol. The van der Waals surface area contributed by atoms with Crippen molar-refractivity contribution in [2.24, 2.45) is 0 Å². The van der Waals surface area contributed by atoms with Gasteiger partial charge in [0, 0.05) is 43.3 Å². The maximum absolute atomic E-state index is 12.4. The lowest BCUT2D eigenvalue weighted by atomic mass is 10.1. The van der Waals surface area contributed by atoms with Gasteiger partial charge >= 0.3 is 0 Å². The Bertz CT molecular complexity index is 819. The van der Waals surface area contributed by atoms with E-state index in [0.717, 1.165) is 38.0 Å². The first-order valence-corrected chi connectivity index (χ1v) is 10.8. The molecule has 3 fully saturated rings. The second-order valence-corrected chi connectivity index (χ2v) is 8.44. The van der Waals surface area contributed by atoms with E-state index in [-0.39, 0.29) is 11.8 Å². The molecule has 0 radical (unpaired) electrons. The number of aromatic nitrogens is 2. The van der Waals surface area contributed by atoms with Crippen LogP contribution in [0.1, 0.15) is 63.2 Å². The molecule has 1 aromatic heterocycles. The quantitative estimate of drug-likeness (QED) is 0.803. The molecule has 28 heavy (non-hydrogen) atoms. The number of likely N-dealkylation sites (tertiary alicyclic amines) is 1. The molecule has 2 saturated heterocycles. The lowest BCUT2D eigenvalue weighted by molar-refractivity contribution is -0.129. The molecule has 0 unspecified atom stereocenters. The zero-order valence-electron chi connectivity index (χ0n) is 16.3. The van der Waals surface area contributed by atoms with Crippen molar-refractivity contribution in [1.29, 1.82) is 0 Å². The average Bonchev–Trinajstić information content (AvgIpc) is 3.49. The second-order valence-electron chi connectivity index (χ2n) is 8.44. The molecule has 2 aliphatic heterocycles. The zero-order chi connectivity index (χ0) is 18.9. The van der Waals surface area contributed by atoms with Crippen molar-refractivity contribution in [2.45, 2.75) is 63.3 Å². The van der Waals surface area contributed by atoms with Crippen LogP contribution in [0, 0.1) is 0 Å². The first-order valence-electron chi connectivity index (χ1n) is 10.8. The van der Waals surface area contributed by atoms with E-state index in [9.17, 15) is 4.79 Å². The van der Waals surface area contributed by atoms with Crippen LogP contribution in [0.15, 0.2) is 28.8 Å². The molecule has 0 N–H and O–H groups in total. The Balaban J connectivity index is 1.27. The number of amides is 1. The molecule has 0 bridgehead atoms. The van der Waals surface area contributed by atoms with Crippen molar-refractivity contribution in [3.63, 3.8) is 0 Å². The SMILES string of the molecule is O=C1C[C@@H](c2nc(-c3ccc(N4CCCCC4)cc3)no2)CN1C1CCCC1. The maximum atomic E-state index is 12.4. The number of piperidine rings is 1. The minimum absolute atomic E-state index is 0.0296. The summed E-state index contributed by atoms with van der Waals surface area (Å²) in [5, 5.41) is 4.19. The lowest BCUT2D eigenvalue weighted by Gasteiger charge is -2.28. The maximum Gasteiger partial charge on any atom is 0.232 e. The highest BCUT2D eigenvalue weighted by Gasteiger charge is 2.38. The van der Waals surface area contributed by atoms with Gasteiger partial charge in [0.25, 0.3) is 0 Å². The van der Waals surface area contributed by atoms with Crippen LogP contribution < -0.4 is 4.90 Å². The molecule has 5 rings (SSSR count). The van der Waals surface area contributed by atoms with Crippen LogP contribution in [0.5, 0.6) is 0 Å². The molecule has 3 heterocycles. The summed E-state index contributed by atoms with van der Waals surface area (Å²) >= 11 is 0. The summed E-state index contributed by atoms with van der Waals surface area (Å²) < 4.78 is 5.56. The largest absolute Gasteiger partial charge is 0.372 e. The van der Waals surface area contributed by atoms with E-state index in [1.165, 1.54) is 37.8 Å². The molecular formula is C22H28N4O2. The van der Waals surface area contributed by atoms with E-state index in [2.05, 4.69) is 44.2 Å². The second kappa shape index (κ2) is 7.57. The van der Waals surface area contributed by atoms with Gasteiger partial charge in [-0.2, -0.15) is 4.98 Å². The molecule has 3 aliphatic rings. The normalized spacial score (nSPS) is 23.7. The topological polar surface area (TPSA) is 62.5 Å². The predicted octanol–water partition coefficient (Wildman–Crippen LogP) is 3.99. The molecule has 6 heteroatoms. The third-order valence-electron chi connectivity index (χ3n) is 6.56. The van der Waals surface area contributed by atoms with Gasteiger partial charge in [0.05, 0.1) is 5.92 Å². The lowest BCUT2D eigenvalue weighted by Crippen LogP contribution is -2.34. The molecule has 2 aromatic rings. The Kier molecular flexibility index (Phi) is 4.79. The number of anilines is 1.